The zero-order chi connectivity index (χ0) is 12.1. The van der Waals surface area contributed by atoms with Gasteiger partial charge in [0, 0.05) is 16.7 Å². The fourth-order valence-electron chi connectivity index (χ4n) is 1.14. The number of halogens is 1. The molecule has 0 unspecified atom stereocenters. The van der Waals surface area contributed by atoms with Gasteiger partial charge < -0.3 is 10.6 Å². The Kier molecular flexibility index (Phi) is 5.22. The lowest BCUT2D eigenvalue weighted by molar-refractivity contribution is 0.627. The summed E-state index contributed by atoms with van der Waals surface area (Å²) in [6, 6.07) is 6.10. The standard InChI is InChI=1S/C12H17BrN2S/c1-8(2)7-14-12(16)15-10-5-4-9(3)11(13)6-10/h4-6,8H,7H2,1-3H3,(H2,14,15,16). The second-order valence-electron chi connectivity index (χ2n) is 4.19. The summed E-state index contributed by atoms with van der Waals surface area (Å²) in [5.41, 5.74) is 2.21. The van der Waals surface area contributed by atoms with Crippen LogP contribution >= 0.6 is 28.1 Å². The zero-order valence-electron chi connectivity index (χ0n) is 9.80. The summed E-state index contributed by atoms with van der Waals surface area (Å²) in [5.74, 6) is 0.588. The SMILES string of the molecule is Cc1ccc(NC(=S)NCC(C)C)cc1Br. The predicted octanol–water partition coefficient (Wildman–Crippen LogP) is 3.70. The van der Waals surface area contributed by atoms with Crippen LogP contribution in [0.2, 0.25) is 0 Å². The molecule has 0 fully saturated rings. The maximum absolute atomic E-state index is 5.19. The van der Waals surface area contributed by atoms with Crippen molar-refractivity contribution in [2.24, 2.45) is 5.92 Å². The lowest BCUT2D eigenvalue weighted by atomic mass is 10.2. The molecule has 0 atom stereocenters. The molecule has 2 N–H and O–H groups in total. The van der Waals surface area contributed by atoms with E-state index >= 15 is 0 Å². The highest BCUT2D eigenvalue weighted by molar-refractivity contribution is 9.10. The topological polar surface area (TPSA) is 24.1 Å². The first-order chi connectivity index (χ1) is 7.49. The van der Waals surface area contributed by atoms with Crippen LogP contribution in [0.25, 0.3) is 0 Å². The molecule has 88 valence electrons. The average Bonchev–Trinajstić information content (AvgIpc) is 2.21. The first-order valence-electron chi connectivity index (χ1n) is 5.30. The molecule has 0 spiro atoms. The second kappa shape index (κ2) is 6.21. The molecule has 2 nitrogen and oxygen atoms in total. The number of benzene rings is 1. The molecule has 1 aromatic rings. The van der Waals surface area contributed by atoms with E-state index in [1.165, 1.54) is 5.56 Å². The highest BCUT2D eigenvalue weighted by atomic mass is 79.9. The van der Waals surface area contributed by atoms with Crippen molar-refractivity contribution in [3.8, 4) is 0 Å². The maximum Gasteiger partial charge on any atom is 0.170 e. The Morgan fingerprint density at radius 1 is 1.44 bits per heavy atom. The third-order valence-corrected chi connectivity index (χ3v) is 3.20. The summed E-state index contributed by atoms with van der Waals surface area (Å²) < 4.78 is 1.09. The summed E-state index contributed by atoms with van der Waals surface area (Å²) >= 11 is 8.69. The Bertz CT molecular complexity index is 377. The molecule has 1 rings (SSSR count). The minimum Gasteiger partial charge on any atom is -0.362 e. The lowest BCUT2D eigenvalue weighted by Crippen LogP contribution is -2.31. The fourth-order valence-corrected chi connectivity index (χ4v) is 1.72. The van der Waals surface area contributed by atoms with Crippen LogP contribution in [0, 0.1) is 12.8 Å². The Hall–Kier alpha value is -0.610. The van der Waals surface area contributed by atoms with Gasteiger partial charge in [0.2, 0.25) is 0 Å². The van der Waals surface area contributed by atoms with Gasteiger partial charge >= 0.3 is 0 Å². The zero-order valence-corrected chi connectivity index (χ0v) is 12.2. The minimum absolute atomic E-state index is 0.588. The molecule has 0 aliphatic rings. The molecule has 0 radical (unpaired) electrons. The van der Waals surface area contributed by atoms with Crippen LogP contribution in [0.3, 0.4) is 0 Å². The van der Waals surface area contributed by atoms with Gasteiger partial charge in [-0.1, -0.05) is 35.8 Å². The molecule has 0 amide bonds. The summed E-state index contributed by atoms with van der Waals surface area (Å²) in [6.45, 7) is 7.25. The van der Waals surface area contributed by atoms with Gasteiger partial charge in [0.05, 0.1) is 0 Å². The van der Waals surface area contributed by atoms with E-state index in [9.17, 15) is 0 Å². The Balaban J connectivity index is 2.53. The van der Waals surface area contributed by atoms with Crippen LogP contribution in [0.15, 0.2) is 22.7 Å². The van der Waals surface area contributed by atoms with Crippen molar-refractivity contribution in [3.63, 3.8) is 0 Å². The third kappa shape index (κ3) is 4.49. The van der Waals surface area contributed by atoms with E-state index in [2.05, 4.69) is 53.4 Å². The second-order valence-corrected chi connectivity index (χ2v) is 5.46. The van der Waals surface area contributed by atoms with E-state index in [4.69, 9.17) is 12.2 Å². The molecule has 0 heterocycles. The Labute approximate surface area is 111 Å². The molecule has 0 bridgehead atoms. The summed E-state index contributed by atoms with van der Waals surface area (Å²) in [5, 5.41) is 7.00. The number of rotatable bonds is 3. The molecule has 0 saturated carbocycles. The highest BCUT2D eigenvalue weighted by Crippen LogP contribution is 2.20. The van der Waals surface area contributed by atoms with E-state index in [0.717, 1.165) is 16.7 Å². The van der Waals surface area contributed by atoms with Gasteiger partial charge in [0.25, 0.3) is 0 Å². The average molecular weight is 301 g/mol. The normalized spacial score (nSPS) is 10.3. The van der Waals surface area contributed by atoms with Gasteiger partial charge in [-0.15, -0.1) is 0 Å². The lowest BCUT2D eigenvalue weighted by Gasteiger charge is -2.12. The quantitative estimate of drug-likeness (QED) is 0.833. The van der Waals surface area contributed by atoms with Crippen LogP contribution in [0.4, 0.5) is 5.69 Å². The third-order valence-electron chi connectivity index (χ3n) is 2.10. The van der Waals surface area contributed by atoms with Crippen LogP contribution in [0.5, 0.6) is 0 Å². The summed E-state index contributed by atoms with van der Waals surface area (Å²) in [4.78, 5) is 0. The van der Waals surface area contributed by atoms with Crippen molar-refractivity contribution in [3.05, 3.63) is 28.2 Å². The monoisotopic (exact) mass is 300 g/mol. The number of hydrogen-bond donors (Lipinski definition) is 2. The number of aryl methyl sites for hydroxylation is 1. The van der Waals surface area contributed by atoms with Gasteiger partial charge in [-0.25, -0.2) is 0 Å². The first kappa shape index (κ1) is 13.5. The van der Waals surface area contributed by atoms with Crippen LogP contribution < -0.4 is 10.6 Å². The molecular formula is C12H17BrN2S. The van der Waals surface area contributed by atoms with Crippen molar-refractivity contribution < 1.29 is 0 Å². The highest BCUT2D eigenvalue weighted by Gasteiger charge is 2.00. The van der Waals surface area contributed by atoms with Crippen LogP contribution in [0.1, 0.15) is 19.4 Å². The fraction of sp³-hybridized carbons (Fsp3) is 0.417. The van der Waals surface area contributed by atoms with Crippen LogP contribution in [-0.2, 0) is 0 Å². The Morgan fingerprint density at radius 2 is 2.12 bits per heavy atom. The van der Waals surface area contributed by atoms with Gasteiger partial charge in [0.15, 0.2) is 5.11 Å². The van der Waals surface area contributed by atoms with E-state index in [0.29, 0.717) is 11.0 Å². The first-order valence-corrected chi connectivity index (χ1v) is 6.50. The molecule has 0 aliphatic carbocycles. The number of nitrogens with one attached hydrogen (secondary N) is 2. The predicted molar refractivity (Wildman–Crippen MR) is 77.9 cm³/mol. The van der Waals surface area contributed by atoms with Gasteiger partial charge in [0.1, 0.15) is 0 Å². The van der Waals surface area contributed by atoms with E-state index in [-0.39, 0.29) is 0 Å². The number of thiocarbonyl (C=S) groups is 1. The number of hydrogen-bond acceptors (Lipinski definition) is 1. The molecule has 0 aliphatic heterocycles. The molecular weight excluding hydrogens is 284 g/mol. The van der Waals surface area contributed by atoms with E-state index in [1.54, 1.807) is 0 Å². The largest absolute Gasteiger partial charge is 0.362 e. The smallest absolute Gasteiger partial charge is 0.170 e. The number of anilines is 1. The van der Waals surface area contributed by atoms with Crippen molar-refractivity contribution in [2.75, 3.05) is 11.9 Å². The maximum atomic E-state index is 5.19. The summed E-state index contributed by atoms with van der Waals surface area (Å²) in [7, 11) is 0. The minimum atomic E-state index is 0.588. The van der Waals surface area contributed by atoms with Crippen molar-refractivity contribution >= 4 is 38.9 Å². The molecule has 4 heteroatoms. The van der Waals surface area contributed by atoms with Crippen molar-refractivity contribution in [1.29, 1.82) is 0 Å². The molecule has 0 aromatic heterocycles. The Morgan fingerprint density at radius 3 is 2.69 bits per heavy atom. The van der Waals surface area contributed by atoms with E-state index < -0.39 is 0 Å². The molecule has 16 heavy (non-hydrogen) atoms. The van der Waals surface area contributed by atoms with Crippen molar-refractivity contribution in [2.45, 2.75) is 20.8 Å². The van der Waals surface area contributed by atoms with Crippen LogP contribution in [-0.4, -0.2) is 11.7 Å². The van der Waals surface area contributed by atoms with Gasteiger partial charge in [-0.05, 0) is 42.8 Å². The molecule has 0 saturated heterocycles. The van der Waals surface area contributed by atoms with Gasteiger partial charge in [-0.3, -0.25) is 0 Å². The van der Waals surface area contributed by atoms with Gasteiger partial charge in [-0.2, -0.15) is 0 Å². The molecule has 1 aromatic carbocycles. The summed E-state index contributed by atoms with van der Waals surface area (Å²) in [6.07, 6.45) is 0. The van der Waals surface area contributed by atoms with E-state index in [1.807, 2.05) is 12.1 Å². The van der Waals surface area contributed by atoms with Crippen molar-refractivity contribution in [1.82, 2.24) is 5.32 Å².